The van der Waals surface area contributed by atoms with Gasteiger partial charge in [0.05, 0.1) is 17.3 Å². The summed E-state index contributed by atoms with van der Waals surface area (Å²) in [5.74, 6) is -0.256. The van der Waals surface area contributed by atoms with Crippen LogP contribution in [0.3, 0.4) is 0 Å². The van der Waals surface area contributed by atoms with Crippen molar-refractivity contribution < 1.29 is 4.39 Å². The number of alkyl halides is 1. The Balaban J connectivity index is 2.47. The molecule has 0 N–H and O–H groups in total. The van der Waals surface area contributed by atoms with E-state index in [1.807, 2.05) is 6.92 Å². The summed E-state index contributed by atoms with van der Waals surface area (Å²) in [6, 6.07) is 4.85. The first kappa shape index (κ1) is 11.1. The Bertz CT molecular complexity index is 508. The van der Waals surface area contributed by atoms with Gasteiger partial charge in [0.15, 0.2) is 0 Å². The number of benzene rings is 1. The number of nitrogens with zero attached hydrogens (tertiary/aromatic N) is 3. The second kappa shape index (κ2) is 4.22. The van der Waals surface area contributed by atoms with E-state index in [4.69, 9.17) is 11.6 Å². The summed E-state index contributed by atoms with van der Waals surface area (Å²) in [5.41, 5.74) is 1.89. The molecule has 0 aliphatic rings. The van der Waals surface area contributed by atoms with Gasteiger partial charge in [0.2, 0.25) is 0 Å². The van der Waals surface area contributed by atoms with Crippen molar-refractivity contribution in [2.45, 2.75) is 19.2 Å². The average molecular weight is 240 g/mol. The second-order valence-corrected chi connectivity index (χ2v) is 4.24. The average Bonchev–Trinajstić information content (AvgIpc) is 2.71. The molecule has 0 aliphatic carbocycles. The summed E-state index contributed by atoms with van der Waals surface area (Å²) < 4.78 is 14.9. The molecular formula is C11H11ClFN3. The lowest BCUT2D eigenvalue weighted by Gasteiger charge is -2.04. The highest BCUT2D eigenvalue weighted by Crippen LogP contribution is 2.20. The molecule has 2 aromatic rings. The zero-order valence-electron chi connectivity index (χ0n) is 8.98. The largest absolute Gasteiger partial charge is 0.220 e. The maximum Gasteiger partial charge on any atom is 0.128 e. The third-order valence-corrected chi connectivity index (χ3v) is 2.63. The first-order chi connectivity index (χ1) is 7.59. The summed E-state index contributed by atoms with van der Waals surface area (Å²) in [4.78, 5) is 0. The Kier molecular flexibility index (Phi) is 2.92. The summed E-state index contributed by atoms with van der Waals surface area (Å²) in [6.45, 7) is 3.52. The molecule has 0 amide bonds. The van der Waals surface area contributed by atoms with Gasteiger partial charge in [0.25, 0.3) is 0 Å². The van der Waals surface area contributed by atoms with Crippen LogP contribution >= 0.6 is 11.6 Å². The summed E-state index contributed by atoms with van der Waals surface area (Å²) in [7, 11) is 0. The van der Waals surface area contributed by atoms with Gasteiger partial charge in [-0.1, -0.05) is 11.3 Å². The predicted molar refractivity (Wildman–Crippen MR) is 60.3 cm³/mol. The van der Waals surface area contributed by atoms with Gasteiger partial charge in [-0.25, -0.2) is 9.07 Å². The lowest BCUT2D eigenvalue weighted by Crippen LogP contribution is -1.99. The molecule has 0 saturated carbocycles. The molecule has 0 spiro atoms. The van der Waals surface area contributed by atoms with Crippen molar-refractivity contribution in [3.63, 3.8) is 0 Å². The lowest BCUT2D eigenvalue weighted by atomic mass is 10.2. The maximum atomic E-state index is 13.3. The van der Waals surface area contributed by atoms with E-state index in [1.165, 1.54) is 10.7 Å². The van der Waals surface area contributed by atoms with Gasteiger partial charge in [-0.15, -0.1) is 16.7 Å². The number of hydrogen-bond acceptors (Lipinski definition) is 2. The van der Waals surface area contributed by atoms with Crippen LogP contribution < -0.4 is 0 Å². The van der Waals surface area contributed by atoms with E-state index in [-0.39, 0.29) is 11.2 Å². The van der Waals surface area contributed by atoms with Crippen LogP contribution in [0.15, 0.2) is 24.4 Å². The van der Waals surface area contributed by atoms with Crippen molar-refractivity contribution in [1.29, 1.82) is 0 Å². The molecule has 1 heterocycles. The fourth-order valence-corrected chi connectivity index (χ4v) is 1.52. The highest BCUT2D eigenvalue weighted by atomic mass is 35.5. The summed E-state index contributed by atoms with van der Waals surface area (Å²) >= 11 is 5.89. The van der Waals surface area contributed by atoms with Crippen molar-refractivity contribution >= 4 is 11.6 Å². The zero-order valence-corrected chi connectivity index (χ0v) is 9.74. The van der Waals surface area contributed by atoms with E-state index in [1.54, 1.807) is 25.3 Å². The van der Waals surface area contributed by atoms with Gasteiger partial charge in [0.1, 0.15) is 11.5 Å². The minimum absolute atomic E-state index is 0.206. The highest BCUT2D eigenvalue weighted by Gasteiger charge is 2.10. The lowest BCUT2D eigenvalue weighted by molar-refractivity contribution is 0.614. The monoisotopic (exact) mass is 239 g/mol. The number of aromatic nitrogens is 3. The van der Waals surface area contributed by atoms with E-state index in [0.717, 1.165) is 0 Å². The van der Waals surface area contributed by atoms with Crippen molar-refractivity contribution in [2.75, 3.05) is 0 Å². The maximum absolute atomic E-state index is 13.3. The molecule has 1 atom stereocenters. The van der Waals surface area contributed by atoms with E-state index in [9.17, 15) is 4.39 Å². The van der Waals surface area contributed by atoms with Crippen LogP contribution in [0, 0.1) is 12.7 Å². The van der Waals surface area contributed by atoms with Crippen molar-refractivity contribution in [3.05, 3.63) is 41.5 Å². The highest BCUT2D eigenvalue weighted by molar-refractivity contribution is 6.20. The summed E-state index contributed by atoms with van der Waals surface area (Å²) in [6.07, 6.45) is 1.71. The number of hydrogen-bond donors (Lipinski definition) is 0. The predicted octanol–water partition coefficient (Wildman–Crippen LogP) is 3.01. The molecule has 2 rings (SSSR count). The zero-order chi connectivity index (χ0) is 11.7. The van der Waals surface area contributed by atoms with Crippen LogP contribution in [0.2, 0.25) is 0 Å². The van der Waals surface area contributed by atoms with Crippen LogP contribution in [0.25, 0.3) is 5.69 Å². The molecule has 84 valence electrons. The quantitative estimate of drug-likeness (QED) is 0.755. The molecular weight excluding hydrogens is 229 g/mol. The van der Waals surface area contributed by atoms with Crippen LogP contribution in [0.5, 0.6) is 0 Å². The fraction of sp³-hybridized carbons (Fsp3) is 0.273. The van der Waals surface area contributed by atoms with Gasteiger partial charge in [0, 0.05) is 5.56 Å². The molecule has 0 bridgehead atoms. The Morgan fingerprint density at radius 3 is 2.81 bits per heavy atom. The van der Waals surface area contributed by atoms with Crippen molar-refractivity contribution in [1.82, 2.24) is 15.0 Å². The molecule has 1 unspecified atom stereocenters. The first-order valence-corrected chi connectivity index (χ1v) is 5.35. The summed E-state index contributed by atoms with van der Waals surface area (Å²) in [5, 5.41) is 7.64. The molecule has 5 heteroatoms. The van der Waals surface area contributed by atoms with Gasteiger partial charge < -0.3 is 0 Å². The molecule has 3 nitrogen and oxygen atoms in total. The minimum atomic E-state index is -0.256. The normalized spacial score (nSPS) is 12.8. The SMILES string of the molecule is Cc1c(F)cccc1-n1cc(C(C)Cl)nn1. The molecule has 0 saturated heterocycles. The molecule has 1 aromatic carbocycles. The van der Waals surface area contributed by atoms with Gasteiger partial charge >= 0.3 is 0 Å². The van der Waals surface area contributed by atoms with Crippen LogP contribution in [0.4, 0.5) is 4.39 Å². The van der Waals surface area contributed by atoms with Crippen molar-refractivity contribution in [2.24, 2.45) is 0 Å². The molecule has 16 heavy (non-hydrogen) atoms. The van der Waals surface area contributed by atoms with E-state index in [0.29, 0.717) is 16.9 Å². The van der Waals surface area contributed by atoms with Crippen LogP contribution in [-0.4, -0.2) is 15.0 Å². The Morgan fingerprint density at radius 2 is 2.19 bits per heavy atom. The first-order valence-electron chi connectivity index (χ1n) is 4.91. The standard InChI is InChI=1S/C11H11ClFN3/c1-7-9(13)4-3-5-11(7)16-6-10(8(2)12)14-15-16/h3-6,8H,1-2H3. The Labute approximate surface area is 97.8 Å². The number of rotatable bonds is 2. The van der Waals surface area contributed by atoms with E-state index < -0.39 is 0 Å². The minimum Gasteiger partial charge on any atom is -0.220 e. The Morgan fingerprint density at radius 1 is 1.44 bits per heavy atom. The topological polar surface area (TPSA) is 30.7 Å². The third kappa shape index (κ3) is 1.93. The molecule has 1 aromatic heterocycles. The van der Waals surface area contributed by atoms with E-state index in [2.05, 4.69) is 10.3 Å². The van der Waals surface area contributed by atoms with Gasteiger partial charge in [-0.2, -0.15) is 0 Å². The fourth-order valence-electron chi connectivity index (χ4n) is 1.42. The number of halogens is 2. The molecule has 0 aliphatic heterocycles. The van der Waals surface area contributed by atoms with Crippen LogP contribution in [-0.2, 0) is 0 Å². The Hall–Kier alpha value is -1.42. The van der Waals surface area contributed by atoms with Gasteiger partial charge in [-0.05, 0) is 26.0 Å². The van der Waals surface area contributed by atoms with E-state index >= 15 is 0 Å². The molecule has 0 fully saturated rings. The second-order valence-electron chi connectivity index (χ2n) is 3.59. The third-order valence-electron chi connectivity index (χ3n) is 2.40. The smallest absolute Gasteiger partial charge is 0.128 e. The molecule has 0 radical (unpaired) electrons. The van der Waals surface area contributed by atoms with Crippen molar-refractivity contribution in [3.8, 4) is 5.69 Å². The van der Waals surface area contributed by atoms with Gasteiger partial charge in [-0.3, -0.25) is 0 Å². The van der Waals surface area contributed by atoms with Crippen LogP contribution in [0.1, 0.15) is 23.6 Å².